The third kappa shape index (κ3) is 2.77. The van der Waals surface area contributed by atoms with Crippen molar-refractivity contribution in [3.63, 3.8) is 0 Å². The summed E-state index contributed by atoms with van der Waals surface area (Å²) in [6.45, 7) is 0.368. The van der Waals surface area contributed by atoms with Gasteiger partial charge in [-0.2, -0.15) is 0 Å². The number of benzene rings is 1. The summed E-state index contributed by atoms with van der Waals surface area (Å²) in [7, 11) is 0. The second-order valence-corrected chi connectivity index (χ2v) is 5.22. The lowest BCUT2D eigenvalue weighted by molar-refractivity contribution is -0.140. The quantitative estimate of drug-likeness (QED) is 0.586. The lowest BCUT2D eigenvalue weighted by Crippen LogP contribution is -2.42. The molecule has 0 aromatic heterocycles. The summed E-state index contributed by atoms with van der Waals surface area (Å²) in [4.78, 5) is 0. The van der Waals surface area contributed by atoms with E-state index in [4.69, 9.17) is 10.8 Å². The summed E-state index contributed by atoms with van der Waals surface area (Å²) in [5, 5.41) is 19.4. The number of rotatable bonds is 3. The monoisotopic (exact) mass is 281 g/mol. The molecule has 0 amide bonds. The summed E-state index contributed by atoms with van der Waals surface area (Å²) >= 11 is 0. The molecule has 5 heteroatoms. The van der Waals surface area contributed by atoms with Gasteiger partial charge in [0.1, 0.15) is 0 Å². The van der Waals surface area contributed by atoms with Crippen LogP contribution in [0.15, 0.2) is 18.2 Å². The molecule has 1 aliphatic rings. The van der Waals surface area contributed by atoms with Gasteiger partial charge >= 0.3 is 0 Å². The van der Waals surface area contributed by atoms with E-state index in [1.807, 2.05) is 0 Å². The summed E-state index contributed by atoms with van der Waals surface area (Å²) in [5.74, 6) is 1.61. The molecule has 1 unspecified atom stereocenters. The van der Waals surface area contributed by atoms with Crippen molar-refractivity contribution in [2.45, 2.75) is 37.9 Å². The fourth-order valence-corrected chi connectivity index (χ4v) is 1.89. The predicted molar refractivity (Wildman–Crippen MR) is 71.8 cm³/mol. The van der Waals surface area contributed by atoms with Gasteiger partial charge in [0.15, 0.2) is 0 Å². The largest absolute Gasteiger partial charge is 0.398 e. The highest BCUT2D eigenvalue weighted by molar-refractivity contribution is 5.55. The van der Waals surface area contributed by atoms with Crippen LogP contribution in [0.4, 0.5) is 14.5 Å². The number of nitrogens with two attached hydrogens (primary N) is 1. The van der Waals surface area contributed by atoms with Gasteiger partial charge in [-0.3, -0.25) is 0 Å². The van der Waals surface area contributed by atoms with E-state index in [9.17, 15) is 13.9 Å². The first kappa shape index (κ1) is 14.8. The number of halogens is 2. The zero-order valence-corrected chi connectivity index (χ0v) is 11.2. The molecule has 3 nitrogen and oxygen atoms in total. The zero-order valence-electron chi connectivity index (χ0n) is 11.2. The number of nitrogen functional groups attached to an aromatic ring is 1. The van der Waals surface area contributed by atoms with E-state index in [1.54, 1.807) is 0 Å². The van der Waals surface area contributed by atoms with E-state index in [2.05, 4.69) is 11.8 Å². The molecule has 1 aromatic carbocycles. The zero-order chi connectivity index (χ0) is 15.0. The van der Waals surface area contributed by atoms with Crippen LogP contribution in [0.2, 0.25) is 0 Å². The smallest absolute Gasteiger partial charge is 0.289 e. The number of aliphatic hydroxyl groups is 2. The first-order valence-electron chi connectivity index (χ1n) is 6.40. The van der Waals surface area contributed by atoms with Crippen molar-refractivity contribution in [3.8, 4) is 11.8 Å². The van der Waals surface area contributed by atoms with Crippen molar-refractivity contribution in [3.05, 3.63) is 29.3 Å². The minimum absolute atomic E-state index is 0.00864. The van der Waals surface area contributed by atoms with Crippen LogP contribution in [0.3, 0.4) is 0 Å². The molecule has 0 saturated heterocycles. The van der Waals surface area contributed by atoms with Crippen molar-refractivity contribution < 1.29 is 19.0 Å². The average Bonchev–Trinajstić information content (AvgIpc) is 3.18. The molecule has 0 aliphatic heterocycles. The van der Waals surface area contributed by atoms with Crippen LogP contribution in [0, 0.1) is 17.8 Å². The minimum atomic E-state index is -3.45. The second-order valence-electron chi connectivity index (χ2n) is 5.22. The molecule has 108 valence electrons. The number of hydrogen-bond donors (Lipinski definition) is 3. The van der Waals surface area contributed by atoms with Gasteiger partial charge in [0.2, 0.25) is 5.60 Å². The molecular weight excluding hydrogens is 264 g/mol. The van der Waals surface area contributed by atoms with Crippen molar-refractivity contribution >= 4 is 5.69 Å². The molecule has 1 aliphatic carbocycles. The number of hydrogen-bond acceptors (Lipinski definition) is 3. The maximum atomic E-state index is 13.8. The van der Waals surface area contributed by atoms with Crippen molar-refractivity contribution in [1.82, 2.24) is 0 Å². The van der Waals surface area contributed by atoms with Crippen LogP contribution in [0.25, 0.3) is 0 Å². The van der Waals surface area contributed by atoms with Crippen LogP contribution < -0.4 is 5.73 Å². The van der Waals surface area contributed by atoms with Crippen molar-refractivity contribution in [2.24, 2.45) is 5.92 Å². The summed E-state index contributed by atoms with van der Waals surface area (Å²) < 4.78 is 27.7. The Labute approximate surface area is 116 Å². The minimum Gasteiger partial charge on any atom is -0.398 e. The lowest BCUT2D eigenvalue weighted by atomic mass is 9.86. The molecule has 1 atom stereocenters. The second kappa shape index (κ2) is 5.04. The molecule has 1 aromatic rings. The Balaban J connectivity index is 2.49. The van der Waals surface area contributed by atoms with Crippen LogP contribution in [-0.2, 0) is 12.2 Å². The Morgan fingerprint density at radius 3 is 2.50 bits per heavy atom. The summed E-state index contributed by atoms with van der Waals surface area (Å²) in [6.07, 6.45) is 1.74. The average molecular weight is 281 g/mol. The molecule has 0 spiro atoms. The van der Waals surface area contributed by atoms with Crippen LogP contribution in [0.1, 0.15) is 30.9 Å². The first-order valence-corrected chi connectivity index (χ1v) is 6.40. The molecule has 0 radical (unpaired) electrons. The summed E-state index contributed by atoms with van der Waals surface area (Å²) in [6, 6.07) is 4.10. The highest BCUT2D eigenvalue weighted by Gasteiger charge is 2.50. The predicted octanol–water partition coefficient (Wildman–Crippen LogP) is 2.02. The van der Waals surface area contributed by atoms with E-state index in [-0.39, 0.29) is 23.8 Å². The van der Waals surface area contributed by atoms with Gasteiger partial charge in [-0.15, -0.1) is 0 Å². The number of anilines is 1. The van der Waals surface area contributed by atoms with Gasteiger partial charge in [0.05, 0.1) is 6.61 Å². The fraction of sp³-hybridized carbons (Fsp3) is 0.467. The third-order valence-electron chi connectivity index (χ3n) is 3.36. The number of aliphatic hydroxyl groups excluding tert-OH is 1. The maximum absolute atomic E-state index is 13.8. The third-order valence-corrected chi connectivity index (χ3v) is 3.36. The molecule has 0 bridgehead atoms. The highest BCUT2D eigenvalue weighted by Crippen LogP contribution is 2.40. The fourth-order valence-electron chi connectivity index (χ4n) is 1.89. The van der Waals surface area contributed by atoms with E-state index in [0.717, 1.165) is 12.8 Å². The Bertz CT molecular complexity index is 567. The van der Waals surface area contributed by atoms with E-state index >= 15 is 0 Å². The SMILES string of the molecule is CC(F)(F)C(O)(C#CC1CC1)c1ccc(CO)cc1N. The van der Waals surface area contributed by atoms with Crippen molar-refractivity contribution in [2.75, 3.05) is 5.73 Å². The van der Waals surface area contributed by atoms with Gasteiger partial charge in [-0.25, -0.2) is 8.78 Å². The van der Waals surface area contributed by atoms with Gasteiger partial charge in [-0.1, -0.05) is 24.0 Å². The molecule has 20 heavy (non-hydrogen) atoms. The molecule has 2 rings (SSSR count). The standard InChI is InChI=1S/C15H17F2NO2/c1-14(16,17)15(20,7-6-10-2-3-10)12-5-4-11(9-19)8-13(12)18/h4-5,8,10,19-20H,2-3,9,18H2,1H3. The van der Waals surface area contributed by atoms with Gasteiger partial charge in [-0.05, 0) is 24.5 Å². The van der Waals surface area contributed by atoms with Crippen LogP contribution in [-0.4, -0.2) is 16.1 Å². The van der Waals surface area contributed by atoms with E-state index < -0.39 is 11.5 Å². The summed E-state index contributed by atoms with van der Waals surface area (Å²) in [5.41, 5.74) is 3.46. The Morgan fingerprint density at radius 1 is 1.40 bits per heavy atom. The first-order chi connectivity index (χ1) is 9.28. The molecule has 1 fully saturated rings. The van der Waals surface area contributed by atoms with E-state index in [1.165, 1.54) is 18.2 Å². The Morgan fingerprint density at radius 2 is 2.05 bits per heavy atom. The number of alkyl halides is 2. The molecular formula is C15H17F2NO2. The van der Waals surface area contributed by atoms with Crippen LogP contribution in [0.5, 0.6) is 0 Å². The normalized spacial score (nSPS) is 18.1. The molecule has 1 saturated carbocycles. The van der Waals surface area contributed by atoms with Gasteiger partial charge in [0, 0.05) is 24.1 Å². The van der Waals surface area contributed by atoms with Gasteiger partial charge < -0.3 is 15.9 Å². The Kier molecular flexibility index (Phi) is 3.72. The topological polar surface area (TPSA) is 66.5 Å². The van der Waals surface area contributed by atoms with Crippen LogP contribution >= 0.6 is 0 Å². The van der Waals surface area contributed by atoms with Gasteiger partial charge in [0.25, 0.3) is 5.92 Å². The van der Waals surface area contributed by atoms with E-state index in [0.29, 0.717) is 12.5 Å². The molecule has 0 heterocycles. The highest BCUT2D eigenvalue weighted by atomic mass is 19.3. The molecule has 4 N–H and O–H groups in total. The maximum Gasteiger partial charge on any atom is 0.289 e. The Hall–Kier alpha value is -1.64. The van der Waals surface area contributed by atoms with Crippen molar-refractivity contribution in [1.29, 1.82) is 0 Å². The lowest BCUT2D eigenvalue weighted by Gasteiger charge is -2.30.